The molecule has 5 heteroatoms. The molecule has 0 bridgehead atoms. The smallest absolute Gasteiger partial charge is 0.0886 e. The Balaban J connectivity index is 0.000000208. The molecule has 4 aromatic heterocycles. The van der Waals surface area contributed by atoms with Gasteiger partial charge in [0.2, 0.25) is 0 Å². The van der Waals surface area contributed by atoms with Gasteiger partial charge >= 0.3 is 0 Å². The minimum atomic E-state index is 0. The second-order valence-electron chi connectivity index (χ2n) is 7.82. The van der Waals surface area contributed by atoms with Crippen LogP contribution in [0.2, 0.25) is 0 Å². The van der Waals surface area contributed by atoms with Crippen molar-refractivity contribution in [3.8, 4) is 45.0 Å². The summed E-state index contributed by atoms with van der Waals surface area (Å²) in [6.45, 7) is 0. The summed E-state index contributed by atoms with van der Waals surface area (Å²) < 4.78 is 0. The summed E-state index contributed by atoms with van der Waals surface area (Å²) in [6.07, 6.45) is 7.13. The van der Waals surface area contributed by atoms with Crippen LogP contribution in [0, 0.1) is 12.1 Å². The largest absolute Gasteiger partial charge is 0.295 e. The Kier molecular flexibility index (Phi) is 9.14. The zero-order valence-electron chi connectivity index (χ0n) is 19.8. The second kappa shape index (κ2) is 13.1. The second-order valence-corrected chi connectivity index (χ2v) is 7.82. The Morgan fingerprint density at radius 1 is 0.324 bits per heavy atom. The van der Waals surface area contributed by atoms with Crippen LogP contribution in [0.5, 0.6) is 0 Å². The molecule has 6 aromatic rings. The third-order valence-electron chi connectivity index (χ3n) is 5.35. The Bertz CT molecular complexity index is 1390. The van der Waals surface area contributed by atoms with Crippen LogP contribution in [-0.2, 0) is 20.1 Å². The summed E-state index contributed by atoms with van der Waals surface area (Å²) in [4.78, 5) is 17.2. The van der Waals surface area contributed by atoms with Crippen LogP contribution in [-0.4, -0.2) is 19.9 Å². The number of aromatic nitrogens is 4. The van der Waals surface area contributed by atoms with Crippen molar-refractivity contribution < 1.29 is 20.1 Å². The Hall–Kier alpha value is -4.31. The summed E-state index contributed by atoms with van der Waals surface area (Å²) in [6, 6.07) is 42.4. The molecule has 0 spiro atoms. The van der Waals surface area contributed by atoms with E-state index in [2.05, 4.69) is 32.1 Å². The maximum absolute atomic E-state index is 4.40. The van der Waals surface area contributed by atoms with Gasteiger partial charge in [-0.05, 0) is 36.4 Å². The maximum Gasteiger partial charge on any atom is 0.0886 e. The standard InChI is InChI=1S/C22H14N2.C10H8N2.Ir/c1-3-13-23-21(11-1)19-9-5-7-17(15-19)18-8-6-10-20(16-18)22-12-2-4-14-24-22;1-3-7-11-9(5-1)10-6-2-4-8-12-10;/h1-14H;1-8H;/q-2;;. The van der Waals surface area contributed by atoms with Crippen molar-refractivity contribution in [2.24, 2.45) is 0 Å². The molecule has 0 amide bonds. The van der Waals surface area contributed by atoms with E-state index in [-0.39, 0.29) is 20.1 Å². The zero-order chi connectivity index (χ0) is 24.4. The molecule has 181 valence electrons. The van der Waals surface area contributed by atoms with Crippen molar-refractivity contribution in [2.75, 3.05) is 0 Å². The fourth-order valence-electron chi connectivity index (χ4n) is 3.62. The van der Waals surface area contributed by atoms with Crippen LogP contribution in [0.25, 0.3) is 45.0 Å². The molecule has 0 aliphatic heterocycles. The molecule has 0 atom stereocenters. The molecular formula is C32H22IrN4-2. The number of rotatable bonds is 4. The predicted molar refractivity (Wildman–Crippen MR) is 143 cm³/mol. The van der Waals surface area contributed by atoms with E-state index in [0.717, 1.165) is 45.0 Å². The molecule has 1 radical (unpaired) electrons. The Morgan fingerprint density at radius 2 is 0.649 bits per heavy atom. The van der Waals surface area contributed by atoms with Crippen molar-refractivity contribution in [1.29, 1.82) is 0 Å². The fourth-order valence-corrected chi connectivity index (χ4v) is 3.62. The topological polar surface area (TPSA) is 51.6 Å². The molecule has 0 saturated carbocycles. The molecule has 0 fully saturated rings. The molecule has 4 nitrogen and oxygen atoms in total. The fraction of sp³-hybridized carbons (Fsp3) is 0. The van der Waals surface area contributed by atoms with Crippen LogP contribution in [0.15, 0.2) is 134 Å². The minimum absolute atomic E-state index is 0. The number of hydrogen-bond donors (Lipinski definition) is 0. The number of hydrogen-bond acceptors (Lipinski definition) is 4. The van der Waals surface area contributed by atoms with Gasteiger partial charge in [0, 0.05) is 56.3 Å². The van der Waals surface area contributed by atoms with E-state index in [4.69, 9.17) is 0 Å². The molecular weight excluding hydrogens is 633 g/mol. The van der Waals surface area contributed by atoms with Gasteiger partial charge in [0.25, 0.3) is 0 Å². The van der Waals surface area contributed by atoms with E-state index in [1.807, 2.05) is 109 Å². The molecule has 6 rings (SSSR count). The molecule has 0 aliphatic carbocycles. The first-order valence-corrected chi connectivity index (χ1v) is 11.6. The van der Waals surface area contributed by atoms with E-state index < -0.39 is 0 Å². The Labute approximate surface area is 230 Å². The van der Waals surface area contributed by atoms with Gasteiger partial charge in [0.15, 0.2) is 0 Å². The van der Waals surface area contributed by atoms with Gasteiger partial charge in [0.05, 0.1) is 11.4 Å². The molecule has 0 saturated heterocycles. The monoisotopic (exact) mass is 655 g/mol. The third kappa shape index (κ3) is 6.89. The third-order valence-corrected chi connectivity index (χ3v) is 5.35. The minimum Gasteiger partial charge on any atom is -0.295 e. The summed E-state index contributed by atoms with van der Waals surface area (Å²) in [5.74, 6) is 0. The van der Waals surface area contributed by atoms with Crippen LogP contribution >= 0.6 is 0 Å². The van der Waals surface area contributed by atoms with Crippen molar-refractivity contribution in [3.05, 3.63) is 146 Å². The Morgan fingerprint density at radius 3 is 0.973 bits per heavy atom. The van der Waals surface area contributed by atoms with Crippen molar-refractivity contribution in [2.45, 2.75) is 0 Å². The quantitative estimate of drug-likeness (QED) is 0.189. The van der Waals surface area contributed by atoms with Gasteiger partial charge in [0.1, 0.15) is 0 Å². The van der Waals surface area contributed by atoms with Gasteiger partial charge in [-0.3, -0.25) is 19.9 Å². The number of pyridine rings is 4. The maximum atomic E-state index is 4.40. The summed E-state index contributed by atoms with van der Waals surface area (Å²) >= 11 is 0. The van der Waals surface area contributed by atoms with E-state index in [1.165, 1.54) is 0 Å². The zero-order valence-corrected chi connectivity index (χ0v) is 22.2. The van der Waals surface area contributed by atoms with Crippen LogP contribution in [0.4, 0.5) is 0 Å². The van der Waals surface area contributed by atoms with Gasteiger partial charge < -0.3 is 0 Å². The van der Waals surface area contributed by atoms with Gasteiger partial charge in [-0.1, -0.05) is 36.4 Å². The summed E-state index contributed by atoms with van der Waals surface area (Å²) in [7, 11) is 0. The van der Waals surface area contributed by atoms with Crippen molar-refractivity contribution in [3.63, 3.8) is 0 Å². The van der Waals surface area contributed by atoms with Crippen molar-refractivity contribution in [1.82, 2.24) is 19.9 Å². The first kappa shape index (κ1) is 25.8. The molecule has 2 aromatic carbocycles. The molecule has 37 heavy (non-hydrogen) atoms. The summed E-state index contributed by atoms with van der Waals surface area (Å²) in [5, 5.41) is 0. The van der Waals surface area contributed by atoms with Crippen LogP contribution in [0.3, 0.4) is 0 Å². The van der Waals surface area contributed by atoms with E-state index in [1.54, 1.807) is 24.8 Å². The molecule has 4 heterocycles. The number of benzene rings is 2. The van der Waals surface area contributed by atoms with Crippen LogP contribution < -0.4 is 0 Å². The van der Waals surface area contributed by atoms with Gasteiger partial charge in [-0.2, -0.15) is 35.4 Å². The summed E-state index contributed by atoms with van der Waals surface area (Å²) in [5.41, 5.74) is 7.61. The van der Waals surface area contributed by atoms with Gasteiger partial charge in [-0.15, -0.1) is 35.4 Å². The predicted octanol–water partition coefficient (Wildman–Crippen LogP) is 7.22. The van der Waals surface area contributed by atoms with E-state index in [9.17, 15) is 0 Å². The molecule has 0 N–H and O–H groups in total. The SMILES string of the molecule is [Ir].[c-]1c(-c2[c-]c(-c3ccccn3)ccc2)cccc1-c1ccccn1.c1ccc(-c2ccccn2)nc1. The van der Waals surface area contributed by atoms with Gasteiger partial charge in [-0.25, -0.2) is 0 Å². The normalized spacial score (nSPS) is 9.95. The first-order valence-electron chi connectivity index (χ1n) is 11.6. The van der Waals surface area contributed by atoms with E-state index >= 15 is 0 Å². The van der Waals surface area contributed by atoms with Crippen LogP contribution in [0.1, 0.15) is 0 Å². The average molecular weight is 655 g/mol. The van der Waals surface area contributed by atoms with E-state index in [0.29, 0.717) is 0 Å². The van der Waals surface area contributed by atoms with Crippen molar-refractivity contribution >= 4 is 0 Å². The number of nitrogens with zero attached hydrogens (tertiary/aromatic N) is 4. The average Bonchev–Trinajstić information content (AvgIpc) is 2.99. The molecule has 0 aliphatic rings. The first-order chi connectivity index (χ1) is 17.9. The molecule has 0 unspecified atom stereocenters.